The monoisotopic (exact) mass is 388 g/mol. The predicted octanol–water partition coefficient (Wildman–Crippen LogP) is 2.70. The van der Waals surface area contributed by atoms with Gasteiger partial charge in [-0.3, -0.25) is 9.59 Å². The molecule has 0 spiro atoms. The molecule has 146 valence electrons. The highest BCUT2D eigenvalue weighted by Gasteiger charge is 2.34. The molecule has 4 nitrogen and oxygen atoms in total. The van der Waals surface area contributed by atoms with Gasteiger partial charge in [0.25, 0.3) is 11.8 Å². The van der Waals surface area contributed by atoms with Crippen LogP contribution in [0.4, 0.5) is 13.2 Å². The van der Waals surface area contributed by atoms with Crippen molar-refractivity contribution in [3.63, 3.8) is 0 Å². The molecular formula is C21H19F3N2O2. The highest BCUT2D eigenvalue weighted by atomic mass is 19.4. The van der Waals surface area contributed by atoms with E-state index >= 15 is 0 Å². The standard InChI is InChI=1S/C21H19F3N2O2/c1-12-7-8-14-11-15(19(27)26-18(14)13(12)2)9-10-25-20(28)16-5-3-4-6-17(16)21(22,23)24/h3-8,11,15H,9-10H2,1-2H3,(H,25,28). The fraction of sp³-hybridized carbons (Fsp3) is 0.286. The highest BCUT2D eigenvalue weighted by molar-refractivity contribution is 5.96. The zero-order chi connectivity index (χ0) is 20.5. The van der Waals surface area contributed by atoms with Gasteiger partial charge >= 0.3 is 6.18 Å². The number of amides is 2. The number of benzene rings is 2. The van der Waals surface area contributed by atoms with Crippen molar-refractivity contribution in [2.75, 3.05) is 6.54 Å². The van der Waals surface area contributed by atoms with Gasteiger partial charge in [-0.25, -0.2) is 4.99 Å². The predicted molar refractivity (Wildman–Crippen MR) is 98.1 cm³/mol. The van der Waals surface area contributed by atoms with Gasteiger partial charge in [0.15, 0.2) is 0 Å². The van der Waals surface area contributed by atoms with Crippen LogP contribution in [0.2, 0.25) is 0 Å². The molecular weight excluding hydrogens is 369 g/mol. The maximum atomic E-state index is 13.0. The molecule has 2 amide bonds. The lowest BCUT2D eigenvalue weighted by molar-refractivity contribution is -0.138. The van der Waals surface area contributed by atoms with Crippen LogP contribution < -0.4 is 15.9 Å². The smallest absolute Gasteiger partial charge is 0.352 e. The Balaban J connectivity index is 1.71. The number of halogens is 3. The minimum absolute atomic E-state index is 0.0631. The molecule has 0 saturated carbocycles. The summed E-state index contributed by atoms with van der Waals surface area (Å²) in [6, 6.07) is 8.45. The third-order valence-electron chi connectivity index (χ3n) is 4.87. The van der Waals surface area contributed by atoms with Crippen LogP contribution in [-0.4, -0.2) is 18.4 Å². The van der Waals surface area contributed by atoms with E-state index in [0.29, 0.717) is 5.36 Å². The van der Waals surface area contributed by atoms with Crippen molar-refractivity contribution in [2.45, 2.75) is 26.4 Å². The Kier molecular flexibility index (Phi) is 5.36. The lowest BCUT2D eigenvalue weighted by Gasteiger charge is -2.15. The fourth-order valence-electron chi connectivity index (χ4n) is 3.16. The van der Waals surface area contributed by atoms with Crippen LogP contribution in [0.5, 0.6) is 0 Å². The SMILES string of the molecule is Cc1ccc2c(c1C)=NC(=O)C(CCNC(=O)c1ccccc1C(F)(F)F)C=2. The molecule has 0 saturated heterocycles. The number of fused-ring (bicyclic) bond motifs is 1. The van der Waals surface area contributed by atoms with E-state index in [0.717, 1.165) is 28.5 Å². The summed E-state index contributed by atoms with van der Waals surface area (Å²) >= 11 is 0. The molecule has 2 aromatic carbocycles. The van der Waals surface area contributed by atoms with E-state index in [1.807, 2.05) is 26.0 Å². The highest BCUT2D eigenvalue weighted by Crippen LogP contribution is 2.31. The van der Waals surface area contributed by atoms with Gasteiger partial charge in [0, 0.05) is 6.54 Å². The van der Waals surface area contributed by atoms with Gasteiger partial charge in [-0.05, 0) is 48.7 Å². The quantitative estimate of drug-likeness (QED) is 0.876. The van der Waals surface area contributed by atoms with Crippen LogP contribution in [0.3, 0.4) is 0 Å². The topological polar surface area (TPSA) is 58.5 Å². The fourth-order valence-corrected chi connectivity index (χ4v) is 3.16. The van der Waals surface area contributed by atoms with Crippen LogP contribution in [0.1, 0.15) is 33.5 Å². The number of hydrogen-bond donors (Lipinski definition) is 1. The summed E-state index contributed by atoms with van der Waals surface area (Å²) in [6.45, 7) is 3.90. The second-order valence-corrected chi connectivity index (χ2v) is 6.76. The third kappa shape index (κ3) is 3.98. The van der Waals surface area contributed by atoms with Gasteiger partial charge in [0.1, 0.15) is 0 Å². The van der Waals surface area contributed by atoms with Crippen molar-refractivity contribution >= 4 is 17.9 Å². The Morgan fingerprint density at radius 2 is 1.86 bits per heavy atom. The number of nitrogens with zero attached hydrogens (tertiary/aromatic N) is 1. The number of hydrogen-bond acceptors (Lipinski definition) is 2. The molecule has 0 radical (unpaired) electrons. The van der Waals surface area contributed by atoms with E-state index in [2.05, 4.69) is 10.3 Å². The second kappa shape index (κ2) is 7.58. The molecule has 1 N–H and O–H groups in total. The van der Waals surface area contributed by atoms with E-state index < -0.39 is 29.1 Å². The van der Waals surface area contributed by atoms with Gasteiger partial charge < -0.3 is 5.32 Å². The van der Waals surface area contributed by atoms with E-state index in [1.54, 1.807) is 6.08 Å². The van der Waals surface area contributed by atoms with Crippen LogP contribution in [0.15, 0.2) is 41.4 Å². The van der Waals surface area contributed by atoms with Crippen LogP contribution >= 0.6 is 0 Å². The number of rotatable bonds is 4. The Morgan fingerprint density at radius 1 is 1.14 bits per heavy atom. The van der Waals surface area contributed by atoms with Gasteiger partial charge in [-0.15, -0.1) is 0 Å². The minimum atomic E-state index is -4.61. The Morgan fingerprint density at radius 3 is 2.57 bits per heavy atom. The van der Waals surface area contributed by atoms with Crippen LogP contribution in [0, 0.1) is 19.8 Å². The molecule has 1 atom stereocenters. The van der Waals surface area contributed by atoms with Crippen molar-refractivity contribution in [3.05, 3.63) is 69.2 Å². The molecule has 1 aliphatic heterocycles. The number of carbonyl (C=O) groups excluding carboxylic acids is 2. The summed E-state index contributed by atoms with van der Waals surface area (Å²) in [5.74, 6) is -1.65. The van der Waals surface area contributed by atoms with Crippen molar-refractivity contribution < 1.29 is 22.8 Å². The van der Waals surface area contributed by atoms with Gasteiger partial charge in [-0.1, -0.05) is 30.3 Å². The molecule has 0 bridgehead atoms. The normalized spacial score (nSPS) is 16.0. The van der Waals surface area contributed by atoms with E-state index in [-0.39, 0.29) is 18.9 Å². The zero-order valence-corrected chi connectivity index (χ0v) is 15.4. The minimum Gasteiger partial charge on any atom is -0.352 e. The summed E-state index contributed by atoms with van der Waals surface area (Å²) < 4.78 is 39.1. The molecule has 0 aromatic heterocycles. The summed E-state index contributed by atoms with van der Waals surface area (Å²) in [5.41, 5.74) is 0.563. The lowest BCUT2D eigenvalue weighted by Crippen LogP contribution is -2.37. The number of alkyl halides is 3. The first kappa shape index (κ1) is 19.8. The van der Waals surface area contributed by atoms with Crippen LogP contribution in [0.25, 0.3) is 6.08 Å². The summed E-state index contributed by atoms with van der Waals surface area (Å²) in [5, 5.41) is 3.98. The molecule has 0 fully saturated rings. The van der Waals surface area contributed by atoms with E-state index in [4.69, 9.17) is 0 Å². The van der Waals surface area contributed by atoms with Gasteiger partial charge in [0.05, 0.1) is 22.4 Å². The van der Waals surface area contributed by atoms with E-state index in [1.165, 1.54) is 12.1 Å². The average molecular weight is 388 g/mol. The van der Waals surface area contributed by atoms with Gasteiger partial charge in [-0.2, -0.15) is 13.2 Å². The van der Waals surface area contributed by atoms with Crippen LogP contribution in [-0.2, 0) is 11.0 Å². The van der Waals surface area contributed by atoms with E-state index in [9.17, 15) is 22.8 Å². The Labute approximate surface area is 159 Å². The zero-order valence-electron chi connectivity index (χ0n) is 15.4. The average Bonchev–Trinajstić information content (AvgIpc) is 2.65. The first-order valence-corrected chi connectivity index (χ1v) is 8.83. The Bertz CT molecular complexity index is 1060. The molecule has 7 heteroatoms. The molecule has 1 aliphatic rings. The van der Waals surface area contributed by atoms with Crippen molar-refractivity contribution in [1.82, 2.24) is 5.32 Å². The first-order valence-electron chi connectivity index (χ1n) is 8.83. The van der Waals surface area contributed by atoms with Gasteiger partial charge in [0.2, 0.25) is 0 Å². The molecule has 1 heterocycles. The molecule has 1 unspecified atom stereocenters. The largest absolute Gasteiger partial charge is 0.417 e. The number of nitrogens with one attached hydrogen (secondary N) is 1. The second-order valence-electron chi connectivity index (χ2n) is 6.76. The maximum Gasteiger partial charge on any atom is 0.417 e. The van der Waals surface area contributed by atoms with Crippen molar-refractivity contribution in [2.24, 2.45) is 10.9 Å². The molecule has 28 heavy (non-hydrogen) atoms. The maximum absolute atomic E-state index is 13.0. The molecule has 2 aromatic rings. The first-order chi connectivity index (χ1) is 13.2. The Hall–Kier alpha value is -2.96. The molecule has 0 aliphatic carbocycles. The number of aryl methyl sites for hydroxylation is 1. The lowest BCUT2D eigenvalue weighted by atomic mass is 9.97. The van der Waals surface area contributed by atoms with Crippen molar-refractivity contribution in [3.8, 4) is 0 Å². The summed E-state index contributed by atoms with van der Waals surface area (Å²) in [4.78, 5) is 28.6. The number of carbonyl (C=O) groups is 2. The summed E-state index contributed by atoms with van der Waals surface area (Å²) in [6.07, 6.45) is -2.55. The van der Waals surface area contributed by atoms with Crippen molar-refractivity contribution in [1.29, 1.82) is 0 Å². The third-order valence-corrected chi connectivity index (χ3v) is 4.87. The molecule has 3 rings (SSSR count). The summed E-state index contributed by atoms with van der Waals surface area (Å²) in [7, 11) is 0.